The van der Waals surface area contributed by atoms with Gasteiger partial charge in [0, 0.05) is 0 Å². The molecule has 2 rings (SSSR count). The number of hydrogen-bond donors (Lipinski definition) is 2. The Hall–Kier alpha value is -2.28. The molecule has 7 heteroatoms. The second-order valence-corrected chi connectivity index (χ2v) is 4.82. The van der Waals surface area contributed by atoms with Crippen molar-refractivity contribution in [1.29, 1.82) is 0 Å². The van der Waals surface area contributed by atoms with E-state index in [4.69, 9.17) is 4.42 Å². The Balaban J connectivity index is 2.20. The predicted octanol–water partition coefficient (Wildman–Crippen LogP) is 2.77. The van der Waals surface area contributed by atoms with Crippen LogP contribution in [-0.4, -0.2) is 23.7 Å². The van der Waals surface area contributed by atoms with Crippen molar-refractivity contribution >= 4 is 5.91 Å². The van der Waals surface area contributed by atoms with Gasteiger partial charge in [0.05, 0.1) is 6.54 Å². The van der Waals surface area contributed by atoms with Gasteiger partial charge in [-0.15, -0.1) is 0 Å². The van der Waals surface area contributed by atoms with Crippen LogP contribution < -0.4 is 5.32 Å². The van der Waals surface area contributed by atoms with Gasteiger partial charge in [-0.05, 0) is 24.6 Å². The van der Waals surface area contributed by atoms with Gasteiger partial charge >= 0.3 is 6.18 Å². The topological polar surface area (TPSA) is 62.5 Å². The second kappa shape index (κ2) is 5.84. The van der Waals surface area contributed by atoms with E-state index in [-0.39, 0.29) is 11.3 Å². The number of alkyl halides is 3. The van der Waals surface area contributed by atoms with E-state index in [0.717, 1.165) is 12.1 Å². The fraction of sp³-hybridized carbons (Fsp3) is 0.267. The molecular formula is C15H14F3NO3. The van der Waals surface area contributed by atoms with Crippen LogP contribution >= 0.6 is 0 Å². The Bertz CT molecular complexity index is 652. The van der Waals surface area contributed by atoms with Crippen LogP contribution in [0.5, 0.6) is 0 Å². The van der Waals surface area contributed by atoms with E-state index in [1.807, 2.05) is 0 Å². The lowest BCUT2D eigenvalue weighted by Gasteiger charge is -2.31. The van der Waals surface area contributed by atoms with Crippen LogP contribution in [0.3, 0.4) is 0 Å². The molecule has 0 fully saturated rings. The summed E-state index contributed by atoms with van der Waals surface area (Å²) in [5.41, 5.74) is -3.52. The SMILES string of the molecule is Cc1ccc(C(=O)NCC(O)(c2ccccc2)C(F)(F)F)o1. The number of aryl methyl sites for hydroxylation is 1. The molecular weight excluding hydrogens is 299 g/mol. The Morgan fingerprint density at radius 3 is 2.32 bits per heavy atom. The lowest BCUT2D eigenvalue weighted by atomic mass is 9.93. The first-order valence-corrected chi connectivity index (χ1v) is 6.43. The van der Waals surface area contributed by atoms with Crippen LogP contribution in [0.15, 0.2) is 46.9 Å². The van der Waals surface area contributed by atoms with Crippen molar-refractivity contribution in [2.24, 2.45) is 0 Å². The summed E-state index contributed by atoms with van der Waals surface area (Å²) < 4.78 is 44.7. The zero-order valence-corrected chi connectivity index (χ0v) is 11.6. The molecule has 22 heavy (non-hydrogen) atoms. The molecule has 4 nitrogen and oxygen atoms in total. The summed E-state index contributed by atoms with van der Waals surface area (Å²) in [5, 5.41) is 12.1. The van der Waals surface area contributed by atoms with Gasteiger partial charge in [-0.3, -0.25) is 4.79 Å². The standard InChI is InChI=1S/C15H14F3NO3/c1-10-7-8-12(22-10)13(20)19-9-14(21,15(16,17)18)11-5-3-2-4-6-11/h2-8,21H,9H2,1H3,(H,19,20). The van der Waals surface area contributed by atoms with Crippen molar-refractivity contribution in [3.63, 3.8) is 0 Å². The molecule has 1 aromatic carbocycles. The largest absolute Gasteiger partial charge is 0.456 e. The molecule has 2 N–H and O–H groups in total. The average Bonchev–Trinajstić information content (AvgIpc) is 2.91. The molecule has 1 aromatic heterocycles. The molecule has 1 amide bonds. The molecule has 2 aromatic rings. The highest BCUT2D eigenvalue weighted by Gasteiger charge is 2.55. The zero-order chi connectivity index (χ0) is 16.4. The van der Waals surface area contributed by atoms with Gasteiger partial charge in [-0.1, -0.05) is 30.3 Å². The molecule has 118 valence electrons. The van der Waals surface area contributed by atoms with E-state index < -0.39 is 24.2 Å². The number of carbonyl (C=O) groups is 1. The Labute approximate surface area is 124 Å². The molecule has 1 unspecified atom stereocenters. The van der Waals surface area contributed by atoms with Crippen molar-refractivity contribution < 1.29 is 27.5 Å². The lowest BCUT2D eigenvalue weighted by Crippen LogP contribution is -2.51. The molecule has 0 saturated carbocycles. The minimum atomic E-state index is -4.94. The number of aliphatic hydroxyl groups is 1. The third kappa shape index (κ3) is 3.14. The first-order valence-electron chi connectivity index (χ1n) is 6.43. The summed E-state index contributed by atoms with van der Waals surface area (Å²) in [6, 6.07) is 9.45. The molecule has 0 spiro atoms. The maximum Gasteiger partial charge on any atom is 0.423 e. The minimum Gasteiger partial charge on any atom is -0.456 e. The summed E-state index contributed by atoms with van der Waals surface area (Å²) in [6.07, 6.45) is -4.94. The first-order chi connectivity index (χ1) is 10.2. The van der Waals surface area contributed by atoms with Crippen LogP contribution in [0.1, 0.15) is 21.9 Å². The molecule has 0 radical (unpaired) electrons. The maximum absolute atomic E-state index is 13.2. The monoisotopic (exact) mass is 313 g/mol. The highest BCUT2D eigenvalue weighted by molar-refractivity contribution is 5.91. The summed E-state index contributed by atoms with van der Waals surface area (Å²) in [6.45, 7) is 0.589. The van der Waals surface area contributed by atoms with E-state index in [2.05, 4.69) is 5.32 Å². The smallest absolute Gasteiger partial charge is 0.423 e. The van der Waals surface area contributed by atoms with Gasteiger partial charge in [0.25, 0.3) is 5.91 Å². The van der Waals surface area contributed by atoms with Crippen molar-refractivity contribution in [1.82, 2.24) is 5.32 Å². The van der Waals surface area contributed by atoms with E-state index >= 15 is 0 Å². The third-order valence-corrected chi connectivity index (χ3v) is 3.19. The van der Waals surface area contributed by atoms with Gasteiger partial charge in [-0.25, -0.2) is 0 Å². The van der Waals surface area contributed by atoms with Crippen molar-refractivity contribution in [2.45, 2.75) is 18.7 Å². The quantitative estimate of drug-likeness (QED) is 0.912. The summed E-state index contributed by atoms with van der Waals surface area (Å²) >= 11 is 0. The number of amides is 1. The van der Waals surface area contributed by atoms with E-state index in [1.165, 1.54) is 30.3 Å². The highest BCUT2D eigenvalue weighted by Crippen LogP contribution is 2.38. The molecule has 1 heterocycles. The molecule has 0 aliphatic carbocycles. The molecule has 0 bridgehead atoms. The third-order valence-electron chi connectivity index (χ3n) is 3.19. The fourth-order valence-corrected chi connectivity index (χ4v) is 1.93. The number of rotatable bonds is 4. The van der Waals surface area contributed by atoms with Gasteiger partial charge in [0.2, 0.25) is 5.60 Å². The van der Waals surface area contributed by atoms with E-state index in [0.29, 0.717) is 5.76 Å². The van der Waals surface area contributed by atoms with Crippen LogP contribution in [0.25, 0.3) is 0 Å². The molecule has 0 aliphatic heterocycles. The fourth-order valence-electron chi connectivity index (χ4n) is 1.93. The van der Waals surface area contributed by atoms with Crippen LogP contribution in [0, 0.1) is 6.92 Å². The first kappa shape index (κ1) is 16.1. The average molecular weight is 313 g/mol. The Morgan fingerprint density at radius 1 is 1.18 bits per heavy atom. The van der Waals surface area contributed by atoms with E-state index in [9.17, 15) is 23.1 Å². The highest BCUT2D eigenvalue weighted by atomic mass is 19.4. The number of benzene rings is 1. The number of carbonyl (C=O) groups excluding carboxylic acids is 1. The maximum atomic E-state index is 13.2. The normalized spacial score (nSPS) is 14.4. The zero-order valence-electron chi connectivity index (χ0n) is 11.6. The Morgan fingerprint density at radius 2 is 1.82 bits per heavy atom. The number of halogens is 3. The van der Waals surface area contributed by atoms with Crippen LogP contribution in [0.2, 0.25) is 0 Å². The summed E-state index contributed by atoms with van der Waals surface area (Å²) in [7, 11) is 0. The van der Waals surface area contributed by atoms with Crippen molar-refractivity contribution in [2.75, 3.05) is 6.54 Å². The summed E-state index contributed by atoms with van der Waals surface area (Å²) in [4.78, 5) is 11.8. The van der Waals surface area contributed by atoms with Gasteiger partial charge in [0.1, 0.15) is 5.76 Å². The number of nitrogens with one attached hydrogen (secondary N) is 1. The van der Waals surface area contributed by atoms with Crippen LogP contribution in [0.4, 0.5) is 13.2 Å². The minimum absolute atomic E-state index is 0.116. The van der Waals surface area contributed by atoms with Crippen molar-refractivity contribution in [3.05, 3.63) is 59.5 Å². The Kier molecular flexibility index (Phi) is 4.27. The summed E-state index contributed by atoms with van der Waals surface area (Å²) in [5.74, 6) is -0.485. The van der Waals surface area contributed by atoms with Gasteiger partial charge in [-0.2, -0.15) is 13.2 Å². The second-order valence-electron chi connectivity index (χ2n) is 4.82. The predicted molar refractivity (Wildman–Crippen MR) is 72.2 cm³/mol. The van der Waals surface area contributed by atoms with Crippen LogP contribution in [-0.2, 0) is 5.60 Å². The van der Waals surface area contributed by atoms with Gasteiger partial charge in [0.15, 0.2) is 5.76 Å². The van der Waals surface area contributed by atoms with Gasteiger partial charge < -0.3 is 14.8 Å². The van der Waals surface area contributed by atoms with E-state index in [1.54, 1.807) is 6.92 Å². The number of furan rings is 1. The lowest BCUT2D eigenvalue weighted by molar-refractivity contribution is -0.263. The number of hydrogen-bond acceptors (Lipinski definition) is 3. The molecule has 1 atom stereocenters. The molecule has 0 aliphatic rings. The molecule has 0 saturated heterocycles. The van der Waals surface area contributed by atoms with Crippen molar-refractivity contribution in [3.8, 4) is 0 Å².